The van der Waals surface area contributed by atoms with Crippen molar-refractivity contribution in [1.29, 1.82) is 0 Å². The number of rotatable bonds is 22. The van der Waals surface area contributed by atoms with Crippen molar-refractivity contribution >= 4 is 75.1 Å². The van der Waals surface area contributed by atoms with Crippen molar-refractivity contribution in [2.75, 3.05) is 37.8 Å². The van der Waals surface area contributed by atoms with Crippen molar-refractivity contribution in [2.45, 2.75) is 63.4 Å². The Morgan fingerprint density at radius 3 is 2.26 bits per heavy atom. The van der Waals surface area contributed by atoms with Gasteiger partial charge in [-0.15, -0.1) is 0 Å². The van der Waals surface area contributed by atoms with Crippen LogP contribution in [0.5, 0.6) is 0 Å². The number of anilines is 1. The fourth-order valence-electron chi connectivity index (χ4n) is 5.50. The van der Waals surface area contributed by atoms with Crippen LogP contribution >= 0.6 is 35.2 Å². The largest absolute Gasteiger partial charge is 0.481 e. The minimum Gasteiger partial charge on any atom is -0.478 e. The number of phosphoric acid groups is 3. The lowest BCUT2D eigenvalue weighted by Crippen LogP contribution is -2.46. The number of nitrogen functional groups attached to an aromatic ring is 1. The van der Waals surface area contributed by atoms with Crippen LogP contribution < -0.4 is 22.1 Å². The molecule has 2 aromatic heterocycles. The molecule has 0 spiro atoms. The number of aliphatic hydroxyl groups is 2. The average Bonchev–Trinajstić information content (AvgIpc) is 3.74. The number of aromatic nitrogens is 4. The van der Waals surface area contributed by atoms with Gasteiger partial charge in [0.05, 0.1) is 25.1 Å². The van der Waals surface area contributed by atoms with Crippen LogP contribution in [0.2, 0.25) is 0 Å². The molecule has 0 bridgehead atoms. The predicted octanol–water partition coefficient (Wildman–Crippen LogP) is -0.763. The smallest absolute Gasteiger partial charge is 0.478 e. The van der Waals surface area contributed by atoms with Gasteiger partial charge in [-0.25, -0.2) is 33.4 Å². The monoisotopic (exact) mass is 958 g/mol. The van der Waals surface area contributed by atoms with Crippen LogP contribution in [0.3, 0.4) is 0 Å². The average molecular weight is 959 g/mol. The molecule has 3 aromatic rings. The van der Waals surface area contributed by atoms with E-state index >= 15 is 0 Å². The van der Waals surface area contributed by atoms with Crippen LogP contribution in [-0.2, 0) is 56.2 Å². The maximum absolute atomic E-state index is 12.7. The molecule has 1 aliphatic rings. The SMILES string of the molecule is CC(N)(C(=O)SCCNC(=O)CCNC(=O)C(O)C(C)(C)COP(=O)(O)OP(=O)(O)OCC1OC(n2cnc3c(N)ncnc32)C(O)C1OP(=O)(O)O)c1ccc(C(=O)O)cc1. The van der Waals surface area contributed by atoms with Crippen molar-refractivity contribution in [3.63, 3.8) is 0 Å². The number of nitrogens with one attached hydrogen (secondary N) is 2. The van der Waals surface area contributed by atoms with Crippen molar-refractivity contribution in [1.82, 2.24) is 30.2 Å². The zero-order valence-electron chi connectivity index (χ0n) is 32.8. The predicted molar refractivity (Wildman–Crippen MR) is 212 cm³/mol. The number of hydrogen-bond donors (Lipinski definition) is 11. The summed E-state index contributed by atoms with van der Waals surface area (Å²) in [5, 5.41) is 35.0. The molecule has 13 N–H and O–H groups in total. The topological polar surface area (TPSA) is 427 Å². The Morgan fingerprint density at radius 2 is 1.63 bits per heavy atom. The summed E-state index contributed by atoms with van der Waals surface area (Å²) in [6.07, 6.45) is -7.16. The lowest BCUT2D eigenvalue weighted by atomic mass is 9.87. The zero-order chi connectivity index (χ0) is 46.4. The van der Waals surface area contributed by atoms with Gasteiger partial charge in [0.2, 0.25) is 16.9 Å². The first-order chi connectivity index (χ1) is 28.6. The third-order valence-electron chi connectivity index (χ3n) is 8.89. The molecule has 2 amide bonds. The number of fused-ring (bicyclic) bond motifs is 1. The molecule has 1 aromatic carbocycles. The summed E-state index contributed by atoms with van der Waals surface area (Å²) in [5.41, 5.74) is 9.33. The number of thioether (sulfide) groups is 1. The molecule has 0 saturated carbocycles. The van der Waals surface area contributed by atoms with E-state index in [-0.39, 0.29) is 47.8 Å². The number of aliphatic hydroxyl groups excluding tert-OH is 2. The van der Waals surface area contributed by atoms with Gasteiger partial charge in [-0.3, -0.25) is 32.5 Å². The Labute approximate surface area is 355 Å². The second-order valence-electron chi connectivity index (χ2n) is 14.3. The summed E-state index contributed by atoms with van der Waals surface area (Å²) in [4.78, 5) is 99.7. The standard InChI is InChI=1S/C31H45N8O19P3S/c1-30(2,23(42)26(43)35-9-8-19(40)34-10-11-62-29(46)31(3,33)17-6-4-16(5-7-17)28(44)45)13-55-61(52,53)58-60(50,51)54-12-18-22(57-59(47,48)49)21(41)27(56-18)39-15-38-20-24(32)36-14-37-25(20)39/h4-7,14-15,18,21-23,27,41-42H,8-13,33H2,1-3H3,(H,34,40)(H,35,43)(H,44,45)(H,50,51)(H,52,53)(H2,32,36,37)(H2,47,48,49). The van der Waals surface area contributed by atoms with E-state index < -0.39 is 101 Å². The molecule has 3 heterocycles. The molecule has 27 nitrogen and oxygen atoms in total. The summed E-state index contributed by atoms with van der Waals surface area (Å²) in [6, 6.07) is 5.51. The highest BCUT2D eigenvalue weighted by Gasteiger charge is 2.50. The fourth-order valence-corrected chi connectivity index (χ4v) is 9.14. The Hall–Kier alpha value is -3.79. The van der Waals surface area contributed by atoms with Gasteiger partial charge in [0.25, 0.3) is 0 Å². The maximum Gasteiger partial charge on any atom is 0.481 e. The number of carboxylic acids is 1. The summed E-state index contributed by atoms with van der Waals surface area (Å²) in [5.74, 6) is -2.62. The van der Waals surface area contributed by atoms with E-state index in [4.69, 9.17) is 30.4 Å². The van der Waals surface area contributed by atoms with E-state index in [0.717, 1.165) is 29.0 Å². The van der Waals surface area contributed by atoms with Gasteiger partial charge >= 0.3 is 29.4 Å². The van der Waals surface area contributed by atoms with Crippen molar-refractivity contribution in [3.8, 4) is 0 Å². The molecule has 1 fully saturated rings. The molecule has 1 aliphatic heterocycles. The normalized spacial score (nSPS) is 21.6. The number of carboxylic acid groups (broad SMARTS) is 1. The Kier molecular flexibility index (Phi) is 16.7. The molecular weight excluding hydrogens is 913 g/mol. The van der Waals surface area contributed by atoms with Crippen LogP contribution in [0.1, 0.15) is 49.3 Å². The van der Waals surface area contributed by atoms with Crippen LogP contribution in [0.15, 0.2) is 36.9 Å². The number of nitrogens with two attached hydrogens (primary N) is 2. The minimum atomic E-state index is -5.60. The Balaban J connectivity index is 1.21. The molecule has 0 radical (unpaired) electrons. The molecule has 344 valence electrons. The molecule has 0 aliphatic carbocycles. The number of carbonyl (C=O) groups is 4. The number of imidazole rings is 1. The van der Waals surface area contributed by atoms with E-state index in [1.807, 2.05) is 0 Å². The zero-order valence-corrected chi connectivity index (χ0v) is 36.3. The first-order valence-corrected chi connectivity index (χ1v) is 23.3. The van der Waals surface area contributed by atoms with Gasteiger partial charge < -0.3 is 61.7 Å². The maximum atomic E-state index is 12.7. The number of benzene rings is 1. The summed E-state index contributed by atoms with van der Waals surface area (Å²) < 4.78 is 62.2. The molecule has 1 saturated heterocycles. The van der Waals surface area contributed by atoms with Gasteiger partial charge in [-0.05, 0) is 24.6 Å². The number of hydrogen-bond acceptors (Lipinski definition) is 20. The van der Waals surface area contributed by atoms with Crippen LogP contribution in [0, 0.1) is 5.41 Å². The highest BCUT2D eigenvalue weighted by molar-refractivity contribution is 8.13. The summed E-state index contributed by atoms with van der Waals surface area (Å²) in [7, 11) is -16.5. The molecule has 31 heteroatoms. The lowest BCUT2D eigenvalue weighted by molar-refractivity contribution is -0.137. The Bertz CT molecular complexity index is 2260. The minimum absolute atomic E-state index is 0.0164. The molecule has 4 rings (SSSR count). The first kappa shape index (κ1) is 50.9. The molecule has 8 atom stereocenters. The number of aromatic carboxylic acids is 1. The van der Waals surface area contributed by atoms with E-state index in [9.17, 15) is 62.7 Å². The van der Waals surface area contributed by atoms with Crippen LogP contribution in [-0.4, -0.2) is 134 Å². The first-order valence-electron chi connectivity index (χ1n) is 17.8. The van der Waals surface area contributed by atoms with Crippen LogP contribution in [0.4, 0.5) is 5.82 Å². The van der Waals surface area contributed by atoms with E-state index in [0.29, 0.717) is 5.56 Å². The van der Waals surface area contributed by atoms with E-state index in [1.54, 1.807) is 0 Å². The van der Waals surface area contributed by atoms with Gasteiger partial charge in [0.15, 0.2) is 17.7 Å². The van der Waals surface area contributed by atoms with Gasteiger partial charge in [0, 0.05) is 30.7 Å². The third-order valence-corrected chi connectivity index (χ3v) is 13.1. The van der Waals surface area contributed by atoms with Gasteiger partial charge in [-0.1, -0.05) is 37.7 Å². The summed E-state index contributed by atoms with van der Waals surface area (Å²) in [6.45, 7) is 1.60. The molecule has 62 heavy (non-hydrogen) atoms. The number of phosphoric ester groups is 3. The van der Waals surface area contributed by atoms with Crippen molar-refractivity contribution in [3.05, 3.63) is 48.0 Å². The third kappa shape index (κ3) is 13.6. The number of ether oxygens (including phenoxy) is 1. The molecular formula is C31H45N8O19P3S. The van der Waals surface area contributed by atoms with Crippen LogP contribution in [0.25, 0.3) is 11.2 Å². The highest BCUT2D eigenvalue weighted by atomic mass is 32.2. The van der Waals surface area contributed by atoms with Crippen molar-refractivity contribution in [2.24, 2.45) is 11.1 Å². The molecule has 8 unspecified atom stereocenters. The second-order valence-corrected chi connectivity index (χ2v) is 19.6. The van der Waals surface area contributed by atoms with Crippen molar-refractivity contribution < 1.29 is 90.4 Å². The quantitative estimate of drug-likeness (QED) is 0.0435. The summed E-state index contributed by atoms with van der Waals surface area (Å²) >= 11 is 0.841. The van der Waals surface area contributed by atoms with Gasteiger partial charge in [-0.2, -0.15) is 4.31 Å². The van der Waals surface area contributed by atoms with Gasteiger partial charge in [0.1, 0.15) is 41.8 Å². The number of nitrogens with zero attached hydrogens (tertiary/aromatic N) is 4. The lowest BCUT2D eigenvalue weighted by Gasteiger charge is -2.30. The fraction of sp³-hybridized carbons (Fsp3) is 0.516. The second kappa shape index (κ2) is 20.4. The Morgan fingerprint density at radius 1 is 0.984 bits per heavy atom. The van der Waals surface area contributed by atoms with E-state index in [1.165, 1.54) is 45.0 Å². The van der Waals surface area contributed by atoms with E-state index in [2.05, 4.69) is 34.4 Å². The number of carbonyl (C=O) groups excluding carboxylic acids is 3. The number of amides is 2. The highest BCUT2D eigenvalue weighted by Crippen LogP contribution is 2.61.